The average molecular weight is 276 g/mol. The molecule has 0 aliphatic heterocycles. The lowest BCUT2D eigenvalue weighted by molar-refractivity contribution is 0.0456. The van der Waals surface area contributed by atoms with Gasteiger partial charge in [-0.2, -0.15) is 5.10 Å². The minimum absolute atomic E-state index is 0.381. The highest BCUT2D eigenvalue weighted by Gasteiger charge is 2.22. The molecule has 5 nitrogen and oxygen atoms in total. The zero-order chi connectivity index (χ0) is 14.8. The molecule has 2 aromatic rings. The Bertz CT molecular complexity index is 572. The molecule has 0 atom stereocenters. The molecule has 0 unspecified atom stereocenters. The van der Waals surface area contributed by atoms with Gasteiger partial charge >= 0.3 is 0 Å². The van der Waals surface area contributed by atoms with Gasteiger partial charge in [0.15, 0.2) is 5.82 Å². The van der Waals surface area contributed by atoms with Crippen LogP contribution in [0.4, 0.5) is 5.82 Å². The van der Waals surface area contributed by atoms with Crippen molar-refractivity contribution in [3.63, 3.8) is 0 Å². The van der Waals surface area contributed by atoms with Crippen LogP contribution in [-0.4, -0.2) is 31.9 Å². The SMILES string of the molecule is CCC(O)(CC)CNc1nccn2nc(C(C)C)cc12. The molecule has 0 fully saturated rings. The van der Waals surface area contributed by atoms with Crippen LogP contribution in [0.2, 0.25) is 0 Å². The summed E-state index contributed by atoms with van der Waals surface area (Å²) < 4.78 is 1.83. The van der Waals surface area contributed by atoms with E-state index in [1.54, 1.807) is 6.20 Å². The van der Waals surface area contributed by atoms with E-state index in [4.69, 9.17) is 0 Å². The topological polar surface area (TPSA) is 62.5 Å². The Morgan fingerprint density at radius 2 is 2.05 bits per heavy atom. The van der Waals surface area contributed by atoms with Crippen molar-refractivity contribution in [3.05, 3.63) is 24.2 Å². The van der Waals surface area contributed by atoms with E-state index >= 15 is 0 Å². The van der Waals surface area contributed by atoms with Crippen LogP contribution in [0.15, 0.2) is 18.5 Å². The van der Waals surface area contributed by atoms with E-state index in [9.17, 15) is 5.11 Å². The normalized spacial score (nSPS) is 12.3. The fourth-order valence-corrected chi connectivity index (χ4v) is 2.11. The molecule has 2 rings (SSSR count). The second-order valence-corrected chi connectivity index (χ2v) is 5.61. The number of hydrogen-bond acceptors (Lipinski definition) is 4. The van der Waals surface area contributed by atoms with Crippen molar-refractivity contribution in [2.24, 2.45) is 0 Å². The molecule has 0 radical (unpaired) electrons. The number of hydrogen-bond donors (Lipinski definition) is 2. The van der Waals surface area contributed by atoms with Gasteiger partial charge in [-0.15, -0.1) is 0 Å². The summed E-state index contributed by atoms with van der Waals surface area (Å²) in [5.74, 6) is 1.15. The smallest absolute Gasteiger partial charge is 0.152 e. The Labute approximate surface area is 120 Å². The highest BCUT2D eigenvalue weighted by molar-refractivity contribution is 5.68. The number of anilines is 1. The number of nitrogens with zero attached hydrogens (tertiary/aromatic N) is 3. The summed E-state index contributed by atoms with van der Waals surface area (Å²) in [6.45, 7) is 8.73. The van der Waals surface area contributed by atoms with Crippen LogP contribution in [0.1, 0.15) is 52.1 Å². The van der Waals surface area contributed by atoms with E-state index in [0.717, 1.165) is 29.9 Å². The molecular formula is C15H24N4O. The van der Waals surface area contributed by atoms with E-state index in [1.807, 2.05) is 24.6 Å². The Hall–Kier alpha value is -1.62. The lowest BCUT2D eigenvalue weighted by Crippen LogP contribution is -2.35. The zero-order valence-electron chi connectivity index (χ0n) is 12.7. The maximum absolute atomic E-state index is 10.3. The van der Waals surface area contributed by atoms with Gasteiger partial charge in [0.25, 0.3) is 0 Å². The predicted molar refractivity (Wildman–Crippen MR) is 81.1 cm³/mol. The molecule has 20 heavy (non-hydrogen) atoms. The van der Waals surface area contributed by atoms with Crippen LogP contribution < -0.4 is 5.32 Å². The maximum atomic E-state index is 10.3. The minimum atomic E-state index is -0.685. The van der Waals surface area contributed by atoms with Gasteiger partial charge in [0.05, 0.1) is 11.3 Å². The molecule has 0 aliphatic carbocycles. The number of fused-ring (bicyclic) bond motifs is 1. The molecule has 0 aromatic carbocycles. The molecule has 2 N–H and O–H groups in total. The second-order valence-electron chi connectivity index (χ2n) is 5.61. The lowest BCUT2D eigenvalue weighted by atomic mass is 9.98. The van der Waals surface area contributed by atoms with E-state index in [2.05, 4.69) is 35.3 Å². The van der Waals surface area contributed by atoms with Crippen molar-refractivity contribution < 1.29 is 5.11 Å². The fraction of sp³-hybridized carbons (Fsp3) is 0.600. The average Bonchev–Trinajstić information content (AvgIpc) is 2.89. The van der Waals surface area contributed by atoms with Gasteiger partial charge in [-0.3, -0.25) is 0 Å². The van der Waals surface area contributed by atoms with Crippen LogP contribution in [0.25, 0.3) is 5.52 Å². The summed E-state index contributed by atoms with van der Waals surface area (Å²) in [6.07, 6.45) is 5.01. The minimum Gasteiger partial charge on any atom is -0.388 e. The number of rotatable bonds is 6. The summed E-state index contributed by atoms with van der Waals surface area (Å²) in [5, 5.41) is 18.1. The van der Waals surface area contributed by atoms with Crippen LogP contribution in [0, 0.1) is 0 Å². The Morgan fingerprint density at radius 1 is 1.35 bits per heavy atom. The molecule has 0 spiro atoms. The van der Waals surface area contributed by atoms with Gasteiger partial charge in [-0.25, -0.2) is 9.50 Å². The quantitative estimate of drug-likeness (QED) is 0.851. The van der Waals surface area contributed by atoms with Crippen LogP contribution >= 0.6 is 0 Å². The van der Waals surface area contributed by atoms with E-state index in [1.165, 1.54) is 0 Å². The molecule has 2 heterocycles. The summed E-state index contributed by atoms with van der Waals surface area (Å²) in [4.78, 5) is 4.37. The Balaban J connectivity index is 2.26. The molecule has 2 aromatic heterocycles. The maximum Gasteiger partial charge on any atom is 0.152 e. The Morgan fingerprint density at radius 3 is 2.65 bits per heavy atom. The van der Waals surface area contributed by atoms with Gasteiger partial charge in [0.2, 0.25) is 0 Å². The fourth-order valence-electron chi connectivity index (χ4n) is 2.11. The summed E-state index contributed by atoms with van der Waals surface area (Å²) in [6, 6.07) is 2.05. The first kappa shape index (κ1) is 14.8. The molecule has 0 saturated carbocycles. The van der Waals surface area contributed by atoms with Gasteiger partial charge < -0.3 is 10.4 Å². The summed E-state index contributed by atoms with van der Waals surface area (Å²) in [5.41, 5.74) is 1.31. The predicted octanol–water partition coefficient (Wildman–Crippen LogP) is 2.82. The highest BCUT2D eigenvalue weighted by atomic mass is 16.3. The van der Waals surface area contributed by atoms with Crippen molar-refractivity contribution in [1.29, 1.82) is 0 Å². The molecule has 0 saturated heterocycles. The van der Waals surface area contributed by atoms with Gasteiger partial charge in [0, 0.05) is 18.9 Å². The van der Waals surface area contributed by atoms with Crippen LogP contribution in [0.5, 0.6) is 0 Å². The van der Waals surface area contributed by atoms with E-state index in [0.29, 0.717) is 12.5 Å². The van der Waals surface area contributed by atoms with Gasteiger partial charge in [0.1, 0.15) is 5.52 Å². The first-order valence-electron chi connectivity index (χ1n) is 7.29. The Kier molecular flexibility index (Phi) is 4.28. The third-order valence-corrected chi connectivity index (χ3v) is 3.90. The number of nitrogens with one attached hydrogen (secondary N) is 1. The number of aromatic nitrogens is 3. The highest BCUT2D eigenvalue weighted by Crippen LogP contribution is 2.21. The van der Waals surface area contributed by atoms with E-state index < -0.39 is 5.60 Å². The van der Waals surface area contributed by atoms with Crippen molar-refractivity contribution in [2.45, 2.75) is 52.1 Å². The number of aliphatic hydroxyl groups is 1. The van der Waals surface area contributed by atoms with E-state index in [-0.39, 0.29) is 0 Å². The largest absolute Gasteiger partial charge is 0.388 e. The zero-order valence-corrected chi connectivity index (χ0v) is 12.7. The van der Waals surface area contributed by atoms with Crippen molar-refractivity contribution in [2.75, 3.05) is 11.9 Å². The molecular weight excluding hydrogens is 252 g/mol. The van der Waals surface area contributed by atoms with Crippen molar-refractivity contribution >= 4 is 11.3 Å². The molecule has 0 aliphatic rings. The third-order valence-electron chi connectivity index (χ3n) is 3.90. The molecule has 110 valence electrons. The van der Waals surface area contributed by atoms with Crippen LogP contribution in [0.3, 0.4) is 0 Å². The summed E-state index contributed by atoms with van der Waals surface area (Å²) >= 11 is 0. The third kappa shape index (κ3) is 2.93. The van der Waals surface area contributed by atoms with Gasteiger partial charge in [-0.1, -0.05) is 27.7 Å². The molecule has 0 amide bonds. The first-order chi connectivity index (χ1) is 9.49. The van der Waals surface area contributed by atoms with Gasteiger partial charge in [-0.05, 0) is 24.8 Å². The molecule has 0 bridgehead atoms. The molecule has 5 heteroatoms. The lowest BCUT2D eigenvalue weighted by Gasteiger charge is -2.25. The van der Waals surface area contributed by atoms with Crippen molar-refractivity contribution in [3.8, 4) is 0 Å². The monoisotopic (exact) mass is 276 g/mol. The summed E-state index contributed by atoms with van der Waals surface area (Å²) in [7, 11) is 0. The van der Waals surface area contributed by atoms with Crippen LogP contribution in [-0.2, 0) is 0 Å². The van der Waals surface area contributed by atoms with Crippen molar-refractivity contribution in [1.82, 2.24) is 14.6 Å². The standard InChI is InChI=1S/C15H24N4O/c1-5-15(20,6-2)10-17-14-13-9-12(11(3)4)18-19(13)8-7-16-14/h7-9,11,20H,5-6,10H2,1-4H3,(H,16,17). The first-order valence-corrected chi connectivity index (χ1v) is 7.29. The second kappa shape index (κ2) is 5.79.